The summed E-state index contributed by atoms with van der Waals surface area (Å²) in [5, 5.41) is 12.0. The normalized spacial score (nSPS) is 21.8. The van der Waals surface area contributed by atoms with E-state index in [0.717, 1.165) is 24.6 Å². The zero-order chi connectivity index (χ0) is 12.3. The van der Waals surface area contributed by atoms with Gasteiger partial charge in [0.1, 0.15) is 0 Å². The standard InChI is InChI=1S/C13H22N4/c1-4-10(2)14-12-7-8-17(9-12)13-6-5-11(3)15-16-13/h5-6,10,12,14H,4,7-9H2,1-3H3. The van der Waals surface area contributed by atoms with Crippen molar-refractivity contribution in [2.24, 2.45) is 0 Å². The van der Waals surface area contributed by atoms with Crippen LogP contribution < -0.4 is 10.2 Å². The Labute approximate surface area is 103 Å². The zero-order valence-corrected chi connectivity index (χ0v) is 11.0. The molecule has 1 aliphatic heterocycles. The molecule has 0 aliphatic carbocycles. The average Bonchev–Trinajstić information content (AvgIpc) is 2.78. The monoisotopic (exact) mass is 234 g/mol. The van der Waals surface area contributed by atoms with Gasteiger partial charge in [0.05, 0.1) is 5.69 Å². The maximum atomic E-state index is 4.24. The van der Waals surface area contributed by atoms with Gasteiger partial charge in [0, 0.05) is 25.2 Å². The van der Waals surface area contributed by atoms with Gasteiger partial charge in [-0.1, -0.05) is 6.92 Å². The molecule has 0 spiro atoms. The maximum absolute atomic E-state index is 4.24. The molecule has 2 heterocycles. The van der Waals surface area contributed by atoms with E-state index < -0.39 is 0 Å². The van der Waals surface area contributed by atoms with E-state index in [9.17, 15) is 0 Å². The Morgan fingerprint density at radius 3 is 2.94 bits per heavy atom. The molecule has 2 atom stereocenters. The lowest BCUT2D eigenvalue weighted by atomic mass is 10.2. The second kappa shape index (κ2) is 5.45. The summed E-state index contributed by atoms with van der Waals surface area (Å²) in [4.78, 5) is 2.31. The second-order valence-electron chi connectivity index (χ2n) is 4.94. The van der Waals surface area contributed by atoms with E-state index in [-0.39, 0.29) is 0 Å². The molecule has 2 rings (SSSR count). The van der Waals surface area contributed by atoms with Crippen LogP contribution in [0.5, 0.6) is 0 Å². The Bertz CT molecular complexity index is 349. The number of hydrogen-bond acceptors (Lipinski definition) is 4. The summed E-state index contributed by atoms with van der Waals surface area (Å²) in [6.07, 6.45) is 2.38. The largest absolute Gasteiger partial charge is 0.354 e. The van der Waals surface area contributed by atoms with Crippen LogP contribution in [0.3, 0.4) is 0 Å². The number of hydrogen-bond donors (Lipinski definition) is 1. The molecule has 4 heteroatoms. The lowest BCUT2D eigenvalue weighted by molar-refractivity contribution is 0.459. The Kier molecular flexibility index (Phi) is 3.94. The van der Waals surface area contributed by atoms with Crippen LogP contribution in [-0.2, 0) is 0 Å². The fourth-order valence-electron chi connectivity index (χ4n) is 2.19. The lowest BCUT2D eigenvalue weighted by Crippen LogP contribution is -2.38. The van der Waals surface area contributed by atoms with E-state index in [1.807, 2.05) is 13.0 Å². The molecule has 1 aromatic heterocycles. The summed E-state index contributed by atoms with van der Waals surface area (Å²) < 4.78 is 0. The van der Waals surface area contributed by atoms with E-state index in [1.54, 1.807) is 0 Å². The molecule has 1 saturated heterocycles. The van der Waals surface area contributed by atoms with Gasteiger partial charge in [0.15, 0.2) is 5.82 Å². The summed E-state index contributed by atoms with van der Waals surface area (Å²) in [5.74, 6) is 1.00. The fourth-order valence-corrected chi connectivity index (χ4v) is 2.19. The van der Waals surface area contributed by atoms with E-state index in [0.29, 0.717) is 12.1 Å². The minimum absolute atomic E-state index is 0.591. The first-order valence-electron chi connectivity index (χ1n) is 6.50. The Morgan fingerprint density at radius 1 is 1.47 bits per heavy atom. The first kappa shape index (κ1) is 12.3. The number of aromatic nitrogens is 2. The highest BCUT2D eigenvalue weighted by Crippen LogP contribution is 2.17. The van der Waals surface area contributed by atoms with Crippen LogP contribution >= 0.6 is 0 Å². The molecule has 0 radical (unpaired) electrons. The summed E-state index contributed by atoms with van der Waals surface area (Å²) in [6, 6.07) is 5.28. The molecule has 1 aliphatic rings. The Hall–Kier alpha value is -1.16. The second-order valence-corrected chi connectivity index (χ2v) is 4.94. The highest BCUT2D eigenvalue weighted by molar-refractivity contribution is 5.39. The molecule has 1 fully saturated rings. The molecule has 0 saturated carbocycles. The minimum atomic E-state index is 0.591. The van der Waals surface area contributed by atoms with E-state index in [4.69, 9.17) is 0 Å². The molecule has 4 nitrogen and oxygen atoms in total. The predicted molar refractivity (Wildman–Crippen MR) is 70.3 cm³/mol. The van der Waals surface area contributed by atoms with Crippen molar-refractivity contribution < 1.29 is 0 Å². The number of anilines is 1. The van der Waals surface area contributed by atoms with Crippen molar-refractivity contribution in [2.75, 3.05) is 18.0 Å². The molecular formula is C13H22N4. The van der Waals surface area contributed by atoms with Crippen molar-refractivity contribution in [3.05, 3.63) is 17.8 Å². The third kappa shape index (κ3) is 3.16. The molecule has 94 valence electrons. The smallest absolute Gasteiger partial charge is 0.151 e. The lowest BCUT2D eigenvalue weighted by Gasteiger charge is -2.19. The van der Waals surface area contributed by atoms with Crippen LogP contribution in [0.25, 0.3) is 0 Å². The van der Waals surface area contributed by atoms with Crippen molar-refractivity contribution in [3.63, 3.8) is 0 Å². The average molecular weight is 234 g/mol. The number of rotatable bonds is 4. The summed E-state index contributed by atoms with van der Waals surface area (Å²) in [7, 11) is 0. The molecule has 2 unspecified atom stereocenters. The Balaban J connectivity index is 1.91. The van der Waals surface area contributed by atoms with Gasteiger partial charge in [-0.05, 0) is 38.8 Å². The molecule has 1 aromatic rings. The number of nitrogens with zero attached hydrogens (tertiary/aromatic N) is 3. The van der Waals surface area contributed by atoms with Gasteiger partial charge in [-0.2, -0.15) is 5.10 Å². The summed E-state index contributed by atoms with van der Waals surface area (Å²) in [6.45, 7) is 8.55. The van der Waals surface area contributed by atoms with Crippen LogP contribution in [-0.4, -0.2) is 35.4 Å². The fraction of sp³-hybridized carbons (Fsp3) is 0.692. The van der Waals surface area contributed by atoms with Gasteiger partial charge in [-0.25, -0.2) is 0 Å². The molecule has 0 bridgehead atoms. The van der Waals surface area contributed by atoms with Crippen LogP contribution in [0, 0.1) is 6.92 Å². The molecule has 17 heavy (non-hydrogen) atoms. The minimum Gasteiger partial charge on any atom is -0.354 e. The van der Waals surface area contributed by atoms with Crippen molar-refractivity contribution in [2.45, 2.75) is 45.7 Å². The van der Waals surface area contributed by atoms with Crippen LogP contribution in [0.4, 0.5) is 5.82 Å². The molecule has 1 N–H and O–H groups in total. The first-order chi connectivity index (χ1) is 8.19. The van der Waals surface area contributed by atoms with E-state index in [2.05, 4.69) is 40.3 Å². The third-order valence-electron chi connectivity index (χ3n) is 3.43. The van der Waals surface area contributed by atoms with Crippen molar-refractivity contribution in [3.8, 4) is 0 Å². The highest BCUT2D eigenvalue weighted by atomic mass is 15.3. The molecule has 0 amide bonds. The third-order valence-corrected chi connectivity index (χ3v) is 3.43. The van der Waals surface area contributed by atoms with E-state index in [1.165, 1.54) is 12.8 Å². The summed E-state index contributed by atoms with van der Waals surface area (Å²) in [5.41, 5.74) is 0.974. The highest BCUT2D eigenvalue weighted by Gasteiger charge is 2.24. The van der Waals surface area contributed by atoms with Crippen molar-refractivity contribution >= 4 is 5.82 Å². The van der Waals surface area contributed by atoms with Crippen molar-refractivity contribution in [1.29, 1.82) is 0 Å². The van der Waals surface area contributed by atoms with Gasteiger partial charge >= 0.3 is 0 Å². The van der Waals surface area contributed by atoms with E-state index >= 15 is 0 Å². The van der Waals surface area contributed by atoms with Crippen molar-refractivity contribution in [1.82, 2.24) is 15.5 Å². The quantitative estimate of drug-likeness (QED) is 0.861. The van der Waals surface area contributed by atoms with Gasteiger partial charge < -0.3 is 10.2 Å². The number of aryl methyl sites for hydroxylation is 1. The van der Waals surface area contributed by atoms with Crippen LogP contribution in [0.2, 0.25) is 0 Å². The number of nitrogens with one attached hydrogen (secondary N) is 1. The van der Waals surface area contributed by atoms with Crippen LogP contribution in [0.1, 0.15) is 32.4 Å². The Morgan fingerprint density at radius 2 is 2.29 bits per heavy atom. The van der Waals surface area contributed by atoms with Crippen LogP contribution in [0.15, 0.2) is 12.1 Å². The topological polar surface area (TPSA) is 41.0 Å². The molecule has 0 aromatic carbocycles. The first-order valence-corrected chi connectivity index (χ1v) is 6.50. The zero-order valence-electron chi connectivity index (χ0n) is 11.0. The molecular weight excluding hydrogens is 212 g/mol. The van der Waals surface area contributed by atoms with Gasteiger partial charge in [-0.15, -0.1) is 5.10 Å². The van der Waals surface area contributed by atoms with Gasteiger partial charge in [0.2, 0.25) is 0 Å². The van der Waals surface area contributed by atoms with Gasteiger partial charge in [-0.3, -0.25) is 0 Å². The SMILES string of the molecule is CCC(C)NC1CCN(c2ccc(C)nn2)C1. The summed E-state index contributed by atoms with van der Waals surface area (Å²) >= 11 is 0. The predicted octanol–water partition coefficient (Wildman–Crippen LogP) is 1.75. The maximum Gasteiger partial charge on any atom is 0.151 e. The van der Waals surface area contributed by atoms with Gasteiger partial charge in [0.25, 0.3) is 0 Å².